The molecule has 1 heterocycles. The normalized spacial score (nSPS) is 32.9. The maximum atomic E-state index is 11.9. The van der Waals surface area contributed by atoms with Crippen molar-refractivity contribution in [1.82, 2.24) is 4.90 Å². The zero-order valence-electron chi connectivity index (χ0n) is 10.0. The van der Waals surface area contributed by atoms with Crippen LogP contribution in [0.1, 0.15) is 32.1 Å². The average molecular weight is 226 g/mol. The smallest absolute Gasteiger partial charge is 0.310 e. The molecule has 2 unspecified atom stereocenters. The lowest BCUT2D eigenvalue weighted by Gasteiger charge is -2.29. The number of rotatable bonds is 2. The summed E-state index contributed by atoms with van der Waals surface area (Å²) in [6, 6.07) is 0.0266. The van der Waals surface area contributed by atoms with Crippen LogP contribution in [0.5, 0.6) is 0 Å². The van der Waals surface area contributed by atoms with Gasteiger partial charge in [-0.25, -0.2) is 0 Å². The fourth-order valence-corrected chi connectivity index (χ4v) is 2.64. The van der Waals surface area contributed by atoms with E-state index in [4.69, 9.17) is 10.5 Å². The number of hydrogen-bond donors (Lipinski definition) is 1. The van der Waals surface area contributed by atoms with E-state index in [1.807, 2.05) is 0 Å². The number of nitrogens with zero attached hydrogens (tertiary/aromatic N) is 1. The molecule has 0 aromatic carbocycles. The number of hydrogen-bond acceptors (Lipinski definition) is 4. The minimum absolute atomic E-state index is 0.0266. The molecule has 1 aliphatic carbocycles. The van der Waals surface area contributed by atoms with Crippen molar-refractivity contribution in [2.45, 2.75) is 44.2 Å². The summed E-state index contributed by atoms with van der Waals surface area (Å²) in [6.45, 7) is 2.04. The predicted molar refractivity (Wildman–Crippen MR) is 61.9 cm³/mol. The summed E-state index contributed by atoms with van der Waals surface area (Å²) in [6.07, 6.45) is 4.99. The lowest BCUT2D eigenvalue weighted by atomic mass is 10.0. The van der Waals surface area contributed by atoms with Gasteiger partial charge in [0.05, 0.1) is 5.92 Å². The van der Waals surface area contributed by atoms with Gasteiger partial charge in [-0.1, -0.05) is 6.42 Å². The highest BCUT2D eigenvalue weighted by molar-refractivity contribution is 5.73. The Kier molecular flexibility index (Phi) is 3.82. The van der Waals surface area contributed by atoms with Gasteiger partial charge in [-0.15, -0.1) is 0 Å². The Bertz CT molecular complexity index is 249. The lowest BCUT2D eigenvalue weighted by Crippen LogP contribution is -2.38. The van der Waals surface area contributed by atoms with Gasteiger partial charge >= 0.3 is 5.97 Å². The topological polar surface area (TPSA) is 55.6 Å². The molecular formula is C12H22N2O2. The number of nitrogens with two attached hydrogens (primary N) is 1. The third-order valence-corrected chi connectivity index (χ3v) is 3.82. The van der Waals surface area contributed by atoms with Crippen molar-refractivity contribution in [3.8, 4) is 0 Å². The number of carbonyl (C=O) groups is 1. The quantitative estimate of drug-likeness (QED) is 0.706. The monoisotopic (exact) mass is 226 g/mol. The third kappa shape index (κ3) is 2.74. The summed E-state index contributed by atoms with van der Waals surface area (Å²) in [5.74, 6) is -0.0980. The van der Waals surface area contributed by atoms with Crippen molar-refractivity contribution in [2.75, 3.05) is 20.1 Å². The van der Waals surface area contributed by atoms with Crippen LogP contribution < -0.4 is 5.73 Å². The molecule has 4 heteroatoms. The van der Waals surface area contributed by atoms with E-state index in [2.05, 4.69) is 11.9 Å². The fraction of sp³-hybridized carbons (Fsp3) is 0.917. The van der Waals surface area contributed by atoms with Gasteiger partial charge in [0.15, 0.2) is 0 Å². The molecule has 0 bridgehead atoms. The highest BCUT2D eigenvalue weighted by Crippen LogP contribution is 2.26. The van der Waals surface area contributed by atoms with Gasteiger partial charge in [0.1, 0.15) is 6.10 Å². The summed E-state index contributed by atoms with van der Waals surface area (Å²) in [5, 5.41) is 0. The number of carbonyl (C=O) groups excluding carboxylic acids is 1. The number of ether oxygens (including phenoxy) is 1. The Labute approximate surface area is 97.1 Å². The number of likely N-dealkylation sites (tertiary alicyclic amines) is 1. The van der Waals surface area contributed by atoms with Gasteiger partial charge in [-0.2, -0.15) is 0 Å². The zero-order chi connectivity index (χ0) is 11.5. The van der Waals surface area contributed by atoms with Crippen LogP contribution in [0, 0.1) is 5.92 Å². The Balaban J connectivity index is 1.78. The Morgan fingerprint density at radius 3 is 2.50 bits per heavy atom. The van der Waals surface area contributed by atoms with Crippen LogP contribution in [-0.2, 0) is 9.53 Å². The second kappa shape index (κ2) is 5.15. The van der Waals surface area contributed by atoms with Crippen molar-refractivity contribution in [3.63, 3.8) is 0 Å². The van der Waals surface area contributed by atoms with E-state index in [-0.39, 0.29) is 24.0 Å². The second-order valence-electron chi connectivity index (χ2n) is 5.14. The maximum Gasteiger partial charge on any atom is 0.310 e. The van der Waals surface area contributed by atoms with E-state index in [1.165, 1.54) is 0 Å². The van der Waals surface area contributed by atoms with E-state index in [0.29, 0.717) is 0 Å². The van der Waals surface area contributed by atoms with Crippen LogP contribution in [0.15, 0.2) is 0 Å². The van der Waals surface area contributed by atoms with E-state index in [9.17, 15) is 4.79 Å². The van der Waals surface area contributed by atoms with Crippen molar-refractivity contribution in [1.29, 1.82) is 0 Å². The van der Waals surface area contributed by atoms with Crippen molar-refractivity contribution < 1.29 is 9.53 Å². The first-order chi connectivity index (χ1) is 7.66. The van der Waals surface area contributed by atoms with Gasteiger partial charge in [0, 0.05) is 19.1 Å². The molecule has 2 fully saturated rings. The highest BCUT2D eigenvalue weighted by Gasteiger charge is 2.33. The number of piperidine rings is 1. The molecule has 0 amide bonds. The Morgan fingerprint density at radius 1 is 1.25 bits per heavy atom. The van der Waals surface area contributed by atoms with Crippen molar-refractivity contribution in [3.05, 3.63) is 0 Å². The van der Waals surface area contributed by atoms with Crippen LogP contribution in [0.3, 0.4) is 0 Å². The molecular weight excluding hydrogens is 204 g/mol. The standard InChI is InChI=1S/C12H22N2O2/c1-14-7-5-9(6-8-14)16-12(15)10-3-2-4-11(10)13/h9-11H,2-8,13H2,1H3. The molecule has 92 valence electrons. The first-order valence-corrected chi connectivity index (χ1v) is 6.31. The molecule has 2 atom stereocenters. The SMILES string of the molecule is CN1CCC(OC(=O)C2CCCC2N)CC1. The summed E-state index contributed by atoms with van der Waals surface area (Å²) in [7, 11) is 2.10. The highest BCUT2D eigenvalue weighted by atomic mass is 16.5. The lowest BCUT2D eigenvalue weighted by molar-refractivity contribution is -0.156. The first kappa shape index (κ1) is 11.9. The molecule has 1 saturated carbocycles. The van der Waals surface area contributed by atoms with Crippen LogP contribution in [0.4, 0.5) is 0 Å². The minimum atomic E-state index is -0.0560. The van der Waals surface area contributed by atoms with Gasteiger partial charge in [0.25, 0.3) is 0 Å². The third-order valence-electron chi connectivity index (χ3n) is 3.82. The molecule has 4 nitrogen and oxygen atoms in total. The number of esters is 1. The summed E-state index contributed by atoms with van der Waals surface area (Å²) >= 11 is 0. The molecule has 0 aromatic rings. The van der Waals surface area contributed by atoms with Gasteiger partial charge < -0.3 is 15.4 Å². The van der Waals surface area contributed by atoms with E-state index in [1.54, 1.807) is 0 Å². The molecule has 2 rings (SSSR count). The zero-order valence-corrected chi connectivity index (χ0v) is 10.0. The summed E-state index contributed by atoms with van der Waals surface area (Å²) in [4.78, 5) is 14.2. The van der Waals surface area contributed by atoms with Crippen LogP contribution >= 0.6 is 0 Å². The molecule has 0 aromatic heterocycles. The van der Waals surface area contributed by atoms with Gasteiger partial charge in [-0.05, 0) is 32.7 Å². The molecule has 2 N–H and O–H groups in total. The molecule has 1 aliphatic heterocycles. The largest absolute Gasteiger partial charge is 0.462 e. The molecule has 0 radical (unpaired) electrons. The van der Waals surface area contributed by atoms with E-state index in [0.717, 1.165) is 45.2 Å². The summed E-state index contributed by atoms with van der Waals surface area (Å²) in [5.41, 5.74) is 5.90. The van der Waals surface area contributed by atoms with E-state index >= 15 is 0 Å². The second-order valence-corrected chi connectivity index (χ2v) is 5.14. The van der Waals surface area contributed by atoms with Crippen molar-refractivity contribution >= 4 is 5.97 Å². The maximum absolute atomic E-state index is 11.9. The van der Waals surface area contributed by atoms with Crippen LogP contribution in [0.25, 0.3) is 0 Å². The molecule has 16 heavy (non-hydrogen) atoms. The Hall–Kier alpha value is -0.610. The summed E-state index contributed by atoms with van der Waals surface area (Å²) < 4.78 is 5.55. The predicted octanol–water partition coefficient (Wildman–Crippen LogP) is 0.751. The minimum Gasteiger partial charge on any atom is -0.462 e. The van der Waals surface area contributed by atoms with Gasteiger partial charge in [0.2, 0.25) is 0 Å². The Morgan fingerprint density at radius 2 is 1.94 bits per heavy atom. The molecule has 1 saturated heterocycles. The first-order valence-electron chi connectivity index (χ1n) is 6.31. The van der Waals surface area contributed by atoms with E-state index < -0.39 is 0 Å². The molecule has 2 aliphatic rings. The average Bonchev–Trinajstić information content (AvgIpc) is 2.68. The molecule has 0 spiro atoms. The van der Waals surface area contributed by atoms with Crippen molar-refractivity contribution in [2.24, 2.45) is 11.7 Å². The van der Waals surface area contributed by atoms with Crippen LogP contribution in [-0.4, -0.2) is 43.2 Å². The fourth-order valence-electron chi connectivity index (χ4n) is 2.64. The van der Waals surface area contributed by atoms with Gasteiger partial charge in [-0.3, -0.25) is 4.79 Å². The van der Waals surface area contributed by atoms with Crippen LogP contribution in [0.2, 0.25) is 0 Å².